The van der Waals surface area contributed by atoms with E-state index in [-0.39, 0.29) is 0 Å². The summed E-state index contributed by atoms with van der Waals surface area (Å²) in [5, 5.41) is 2.08. The molecule has 1 aromatic rings. The zero-order valence-electron chi connectivity index (χ0n) is 11.2. The largest absolute Gasteiger partial charge is 0.0921 e. The molecule has 1 aromatic carbocycles. The molecule has 0 unspecified atom stereocenters. The zero-order valence-corrected chi connectivity index (χ0v) is 14.4. The Kier molecular flexibility index (Phi) is 5.72. The molecule has 0 atom stereocenters. The molecule has 0 fully saturated rings. The van der Waals surface area contributed by atoms with E-state index in [2.05, 4.69) is 77.8 Å². The molecule has 0 aliphatic carbocycles. The molecule has 0 N–H and O–H groups in total. The third-order valence-corrected chi connectivity index (χ3v) is 6.04. The molecule has 0 nitrogen and oxygen atoms in total. The fourth-order valence-electron chi connectivity index (χ4n) is 2.01. The highest BCUT2D eigenvalue weighted by Gasteiger charge is 2.32. The van der Waals surface area contributed by atoms with Gasteiger partial charge >= 0.3 is 0 Å². The fraction of sp³-hybridized carbons (Fsp3) is 0.600. The second-order valence-electron chi connectivity index (χ2n) is 5.39. The Balaban J connectivity index is 3.05. The Morgan fingerprint density at radius 3 is 2.18 bits per heavy atom. The number of halogens is 2. The van der Waals surface area contributed by atoms with Gasteiger partial charge in [0.25, 0.3) is 0 Å². The molecule has 0 radical (unpaired) electrons. The minimum atomic E-state index is 0.304. The predicted molar refractivity (Wildman–Crippen MR) is 84.5 cm³/mol. The van der Waals surface area contributed by atoms with E-state index < -0.39 is 0 Å². The topological polar surface area (TPSA) is 0 Å². The average molecular weight is 362 g/mol. The SMILES string of the molecule is Cc1ccc(C)c(CC(CBr)(CBr)C(C)C)c1. The first-order valence-corrected chi connectivity index (χ1v) is 8.37. The Labute approximate surface area is 122 Å². The lowest BCUT2D eigenvalue weighted by molar-refractivity contribution is 0.267. The number of rotatable bonds is 5. The van der Waals surface area contributed by atoms with Crippen LogP contribution in [-0.2, 0) is 6.42 Å². The molecule has 0 aliphatic heterocycles. The summed E-state index contributed by atoms with van der Waals surface area (Å²) >= 11 is 7.41. The minimum absolute atomic E-state index is 0.304. The van der Waals surface area contributed by atoms with Gasteiger partial charge in [0.2, 0.25) is 0 Å². The van der Waals surface area contributed by atoms with Crippen LogP contribution in [0.5, 0.6) is 0 Å². The molecule has 0 spiro atoms. The van der Waals surface area contributed by atoms with Gasteiger partial charge in [0.15, 0.2) is 0 Å². The Hall–Kier alpha value is 0.180. The summed E-state index contributed by atoms with van der Waals surface area (Å²) in [5.74, 6) is 0.654. The number of hydrogen-bond acceptors (Lipinski definition) is 0. The van der Waals surface area contributed by atoms with Gasteiger partial charge < -0.3 is 0 Å². The van der Waals surface area contributed by atoms with E-state index in [1.807, 2.05) is 0 Å². The van der Waals surface area contributed by atoms with E-state index in [0.717, 1.165) is 17.1 Å². The van der Waals surface area contributed by atoms with Crippen molar-refractivity contribution in [2.75, 3.05) is 10.7 Å². The van der Waals surface area contributed by atoms with Gasteiger partial charge in [0.05, 0.1) is 0 Å². The van der Waals surface area contributed by atoms with Crippen LogP contribution < -0.4 is 0 Å². The number of alkyl halides is 2. The third-order valence-electron chi connectivity index (χ3n) is 3.80. The van der Waals surface area contributed by atoms with Crippen LogP contribution in [0.3, 0.4) is 0 Å². The predicted octanol–water partition coefficient (Wildman–Crippen LogP) is 5.28. The van der Waals surface area contributed by atoms with Crippen LogP contribution in [0.2, 0.25) is 0 Å². The molecule has 0 amide bonds. The maximum atomic E-state index is 3.70. The van der Waals surface area contributed by atoms with Crippen molar-refractivity contribution in [1.29, 1.82) is 0 Å². The standard InChI is InChI=1S/C15H22Br2/c1-11(2)15(9-16,10-17)8-14-7-12(3)5-6-13(14)4/h5-7,11H,8-10H2,1-4H3. The van der Waals surface area contributed by atoms with E-state index in [1.54, 1.807) is 0 Å². The van der Waals surface area contributed by atoms with Crippen LogP contribution in [0.15, 0.2) is 18.2 Å². The van der Waals surface area contributed by atoms with Crippen molar-refractivity contribution >= 4 is 31.9 Å². The lowest BCUT2D eigenvalue weighted by Crippen LogP contribution is -2.33. The summed E-state index contributed by atoms with van der Waals surface area (Å²) in [7, 11) is 0. The molecule has 0 aromatic heterocycles. The summed E-state index contributed by atoms with van der Waals surface area (Å²) in [5.41, 5.74) is 4.55. The highest BCUT2D eigenvalue weighted by Crippen LogP contribution is 2.36. The summed E-state index contributed by atoms with van der Waals surface area (Å²) < 4.78 is 0. The van der Waals surface area contributed by atoms with Crippen LogP contribution in [0.4, 0.5) is 0 Å². The van der Waals surface area contributed by atoms with Crippen molar-refractivity contribution in [2.24, 2.45) is 11.3 Å². The van der Waals surface area contributed by atoms with Crippen LogP contribution >= 0.6 is 31.9 Å². The normalized spacial score (nSPS) is 12.2. The summed E-state index contributed by atoms with van der Waals surface area (Å²) in [6.07, 6.45) is 1.13. The fourth-order valence-corrected chi connectivity index (χ4v) is 4.63. The zero-order chi connectivity index (χ0) is 13.1. The van der Waals surface area contributed by atoms with Crippen LogP contribution in [0.25, 0.3) is 0 Å². The molecular weight excluding hydrogens is 340 g/mol. The van der Waals surface area contributed by atoms with Gasteiger partial charge in [-0.2, -0.15) is 0 Å². The van der Waals surface area contributed by atoms with Crippen molar-refractivity contribution in [3.63, 3.8) is 0 Å². The lowest BCUT2D eigenvalue weighted by atomic mass is 9.75. The van der Waals surface area contributed by atoms with Crippen LogP contribution in [0, 0.1) is 25.2 Å². The number of benzene rings is 1. The first-order chi connectivity index (χ1) is 7.95. The number of aryl methyl sites for hydroxylation is 2. The first kappa shape index (κ1) is 15.2. The van der Waals surface area contributed by atoms with E-state index in [1.165, 1.54) is 16.7 Å². The minimum Gasteiger partial charge on any atom is -0.0921 e. The highest BCUT2D eigenvalue weighted by molar-refractivity contribution is 9.09. The van der Waals surface area contributed by atoms with Gasteiger partial charge in [-0.3, -0.25) is 0 Å². The third kappa shape index (κ3) is 3.57. The molecular formula is C15H22Br2. The maximum Gasteiger partial charge on any atom is 0.0102 e. The number of hydrogen-bond donors (Lipinski definition) is 0. The van der Waals surface area contributed by atoms with Crippen LogP contribution in [0.1, 0.15) is 30.5 Å². The molecule has 0 bridgehead atoms. The van der Waals surface area contributed by atoms with Gasteiger partial charge in [0, 0.05) is 10.7 Å². The second-order valence-corrected chi connectivity index (χ2v) is 6.51. The van der Waals surface area contributed by atoms with Crippen LogP contribution in [-0.4, -0.2) is 10.7 Å². The highest BCUT2D eigenvalue weighted by atomic mass is 79.9. The van der Waals surface area contributed by atoms with E-state index in [0.29, 0.717) is 11.3 Å². The van der Waals surface area contributed by atoms with E-state index in [9.17, 15) is 0 Å². The van der Waals surface area contributed by atoms with Crippen molar-refractivity contribution in [2.45, 2.75) is 34.1 Å². The van der Waals surface area contributed by atoms with Gasteiger partial charge in [-0.15, -0.1) is 0 Å². The van der Waals surface area contributed by atoms with Crippen molar-refractivity contribution in [3.05, 3.63) is 34.9 Å². The molecule has 1 rings (SSSR count). The Morgan fingerprint density at radius 1 is 1.12 bits per heavy atom. The summed E-state index contributed by atoms with van der Waals surface area (Å²) in [6.45, 7) is 9.01. The lowest BCUT2D eigenvalue weighted by Gasteiger charge is -2.35. The molecule has 96 valence electrons. The van der Waals surface area contributed by atoms with E-state index >= 15 is 0 Å². The summed E-state index contributed by atoms with van der Waals surface area (Å²) in [6, 6.07) is 6.76. The molecule has 0 saturated carbocycles. The first-order valence-electron chi connectivity index (χ1n) is 6.13. The Bertz CT molecular complexity index is 365. The average Bonchev–Trinajstić information content (AvgIpc) is 2.30. The smallest absolute Gasteiger partial charge is 0.0102 e. The molecule has 2 heteroatoms. The van der Waals surface area contributed by atoms with Crippen molar-refractivity contribution in [1.82, 2.24) is 0 Å². The maximum absolute atomic E-state index is 3.70. The van der Waals surface area contributed by atoms with Crippen molar-refractivity contribution < 1.29 is 0 Å². The Morgan fingerprint density at radius 2 is 1.71 bits per heavy atom. The van der Waals surface area contributed by atoms with Gasteiger partial charge in [0.1, 0.15) is 0 Å². The summed E-state index contributed by atoms with van der Waals surface area (Å²) in [4.78, 5) is 0. The second kappa shape index (κ2) is 6.38. The molecule has 17 heavy (non-hydrogen) atoms. The molecule has 0 saturated heterocycles. The van der Waals surface area contributed by atoms with Gasteiger partial charge in [-0.25, -0.2) is 0 Å². The van der Waals surface area contributed by atoms with Crippen molar-refractivity contribution in [3.8, 4) is 0 Å². The molecule has 0 aliphatic rings. The van der Waals surface area contributed by atoms with Gasteiger partial charge in [-0.05, 0) is 42.7 Å². The monoisotopic (exact) mass is 360 g/mol. The van der Waals surface area contributed by atoms with E-state index in [4.69, 9.17) is 0 Å². The molecule has 0 heterocycles. The van der Waals surface area contributed by atoms with Gasteiger partial charge in [-0.1, -0.05) is 69.5 Å². The quantitative estimate of drug-likeness (QED) is 0.626.